The quantitative estimate of drug-likeness (QED) is 0.646. The summed E-state index contributed by atoms with van der Waals surface area (Å²) in [6.07, 6.45) is 0. The Hall–Kier alpha value is -0.920. The van der Waals surface area contributed by atoms with Crippen LogP contribution in [0.15, 0.2) is 4.42 Å². The highest BCUT2D eigenvalue weighted by molar-refractivity contribution is 5.42. The van der Waals surface area contributed by atoms with E-state index in [2.05, 4.69) is 20.8 Å². The number of hydrogen-bond donors (Lipinski definition) is 1. The third-order valence-electron chi connectivity index (χ3n) is 1.98. The van der Waals surface area contributed by atoms with Crippen molar-refractivity contribution in [3.05, 3.63) is 17.1 Å². The van der Waals surface area contributed by atoms with E-state index in [1.807, 2.05) is 6.92 Å². The summed E-state index contributed by atoms with van der Waals surface area (Å²) in [5.74, 6) is 1.73. The number of hydrogen-bond acceptors (Lipinski definition) is 2. The van der Waals surface area contributed by atoms with Gasteiger partial charge in [0.25, 0.3) is 0 Å². The Morgan fingerprint density at radius 2 is 1.58 bits per heavy atom. The lowest BCUT2D eigenvalue weighted by Gasteiger charge is -2.17. The van der Waals surface area contributed by atoms with Crippen LogP contribution >= 0.6 is 0 Å². The van der Waals surface area contributed by atoms with Gasteiger partial charge in [-0.1, -0.05) is 20.8 Å². The van der Waals surface area contributed by atoms with Crippen molar-refractivity contribution < 1.29 is 9.52 Å². The molecule has 0 fully saturated rings. The molecule has 2 nitrogen and oxygen atoms in total. The Kier molecular flexibility index (Phi) is 1.94. The number of rotatable bonds is 0. The minimum Gasteiger partial charge on any atom is -0.504 e. The fourth-order valence-electron chi connectivity index (χ4n) is 1.56. The summed E-state index contributed by atoms with van der Waals surface area (Å²) in [6, 6.07) is 0. The van der Waals surface area contributed by atoms with Crippen LogP contribution < -0.4 is 0 Å². The highest BCUT2D eigenvalue weighted by atomic mass is 16.4. The molecule has 0 radical (unpaired) electrons. The first kappa shape index (κ1) is 9.17. The fraction of sp³-hybridized carbons (Fsp3) is 0.600. The van der Waals surface area contributed by atoms with E-state index in [-0.39, 0.29) is 5.41 Å². The molecule has 0 saturated heterocycles. The smallest absolute Gasteiger partial charge is 0.160 e. The predicted octanol–water partition coefficient (Wildman–Crippen LogP) is 2.90. The zero-order chi connectivity index (χ0) is 9.52. The van der Waals surface area contributed by atoms with Crippen LogP contribution in [0.2, 0.25) is 0 Å². The van der Waals surface area contributed by atoms with Crippen LogP contribution in [0.1, 0.15) is 37.9 Å². The van der Waals surface area contributed by atoms with Gasteiger partial charge in [0.1, 0.15) is 11.5 Å². The minimum absolute atomic E-state index is 0.0497. The molecule has 0 aliphatic carbocycles. The lowest BCUT2D eigenvalue weighted by molar-refractivity contribution is 0.432. The van der Waals surface area contributed by atoms with Gasteiger partial charge in [-0.15, -0.1) is 0 Å². The third-order valence-corrected chi connectivity index (χ3v) is 1.98. The maximum atomic E-state index is 9.66. The lowest BCUT2D eigenvalue weighted by atomic mass is 9.86. The molecule has 0 unspecified atom stereocenters. The SMILES string of the molecule is Cc1oc(C)c(C(C)(C)C)c1O. The Bertz CT molecular complexity index is 290. The van der Waals surface area contributed by atoms with Gasteiger partial charge >= 0.3 is 0 Å². The van der Waals surface area contributed by atoms with Crippen molar-refractivity contribution in [1.29, 1.82) is 0 Å². The maximum absolute atomic E-state index is 9.66. The molecule has 0 spiro atoms. The molecule has 68 valence electrons. The van der Waals surface area contributed by atoms with Gasteiger partial charge in [0, 0.05) is 5.56 Å². The van der Waals surface area contributed by atoms with Gasteiger partial charge in [0.15, 0.2) is 5.75 Å². The first-order valence-corrected chi connectivity index (χ1v) is 4.13. The minimum atomic E-state index is -0.0497. The van der Waals surface area contributed by atoms with E-state index >= 15 is 0 Å². The fourth-order valence-corrected chi connectivity index (χ4v) is 1.56. The van der Waals surface area contributed by atoms with Crippen LogP contribution in [-0.4, -0.2) is 5.11 Å². The van der Waals surface area contributed by atoms with Crippen molar-refractivity contribution in [2.45, 2.75) is 40.0 Å². The summed E-state index contributed by atoms with van der Waals surface area (Å²) < 4.78 is 5.32. The molecular weight excluding hydrogens is 152 g/mol. The van der Waals surface area contributed by atoms with Crippen molar-refractivity contribution in [3.8, 4) is 5.75 Å². The molecule has 0 aliphatic rings. The van der Waals surface area contributed by atoms with Crippen LogP contribution in [0.5, 0.6) is 5.75 Å². The second-order valence-electron chi connectivity index (χ2n) is 4.19. The first-order chi connectivity index (χ1) is 5.34. The highest BCUT2D eigenvalue weighted by Gasteiger charge is 2.25. The molecule has 1 N–H and O–H groups in total. The molecule has 1 heterocycles. The Morgan fingerprint density at radius 3 is 1.75 bits per heavy atom. The number of furan rings is 1. The summed E-state index contributed by atoms with van der Waals surface area (Å²) in [7, 11) is 0. The topological polar surface area (TPSA) is 33.4 Å². The molecule has 1 aromatic rings. The molecule has 0 aromatic carbocycles. The van der Waals surface area contributed by atoms with Crippen molar-refractivity contribution in [1.82, 2.24) is 0 Å². The summed E-state index contributed by atoms with van der Waals surface area (Å²) >= 11 is 0. The molecule has 0 amide bonds. The van der Waals surface area contributed by atoms with E-state index in [1.165, 1.54) is 0 Å². The molecule has 1 aromatic heterocycles. The van der Waals surface area contributed by atoms with Gasteiger partial charge in [-0.25, -0.2) is 0 Å². The van der Waals surface area contributed by atoms with Crippen LogP contribution in [0.4, 0.5) is 0 Å². The standard InChI is InChI=1S/C10H16O2/c1-6-8(10(3,4)5)9(11)7(2)12-6/h11H,1-5H3. The van der Waals surface area contributed by atoms with Crippen molar-refractivity contribution in [2.24, 2.45) is 0 Å². The molecule has 0 saturated carbocycles. The van der Waals surface area contributed by atoms with Crippen LogP contribution in [-0.2, 0) is 5.41 Å². The monoisotopic (exact) mass is 168 g/mol. The Morgan fingerprint density at radius 1 is 1.08 bits per heavy atom. The normalized spacial score (nSPS) is 12.1. The van der Waals surface area contributed by atoms with E-state index in [0.29, 0.717) is 11.5 Å². The Balaban J connectivity index is 3.32. The molecule has 2 heteroatoms. The number of aryl methyl sites for hydroxylation is 2. The van der Waals surface area contributed by atoms with Crippen LogP contribution in [0, 0.1) is 13.8 Å². The van der Waals surface area contributed by atoms with E-state index in [9.17, 15) is 5.11 Å². The third kappa shape index (κ3) is 1.33. The summed E-state index contributed by atoms with van der Waals surface area (Å²) in [5.41, 5.74) is 0.867. The second-order valence-corrected chi connectivity index (χ2v) is 4.19. The van der Waals surface area contributed by atoms with Gasteiger partial charge in [-0.3, -0.25) is 0 Å². The van der Waals surface area contributed by atoms with Crippen LogP contribution in [0.25, 0.3) is 0 Å². The molecular formula is C10H16O2. The van der Waals surface area contributed by atoms with Crippen molar-refractivity contribution >= 4 is 0 Å². The van der Waals surface area contributed by atoms with E-state index in [1.54, 1.807) is 6.92 Å². The molecule has 0 aliphatic heterocycles. The average molecular weight is 168 g/mol. The van der Waals surface area contributed by atoms with E-state index in [4.69, 9.17) is 4.42 Å². The van der Waals surface area contributed by atoms with Gasteiger partial charge in [-0.2, -0.15) is 0 Å². The average Bonchev–Trinajstić information content (AvgIpc) is 2.05. The maximum Gasteiger partial charge on any atom is 0.160 e. The van der Waals surface area contributed by atoms with Gasteiger partial charge in [0.2, 0.25) is 0 Å². The van der Waals surface area contributed by atoms with Crippen LogP contribution in [0.3, 0.4) is 0 Å². The Labute approximate surface area is 73.2 Å². The summed E-state index contributed by atoms with van der Waals surface area (Å²) in [6.45, 7) is 9.84. The highest BCUT2D eigenvalue weighted by Crippen LogP contribution is 2.37. The van der Waals surface area contributed by atoms with E-state index in [0.717, 1.165) is 11.3 Å². The molecule has 12 heavy (non-hydrogen) atoms. The summed E-state index contributed by atoms with van der Waals surface area (Å²) in [5, 5.41) is 9.66. The van der Waals surface area contributed by atoms with Crippen molar-refractivity contribution in [2.75, 3.05) is 0 Å². The molecule has 1 rings (SSSR count). The van der Waals surface area contributed by atoms with E-state index < -0.39 is 0 Å². The second kappa shape index (κ2) is 2.54. The van der Waals surface area contributed by atoms with Gasteiger partial charge < -0.3 is 9.52 Å². The summed E-state index contributed by atoms with van der Waals surface area (Å²) in [4.78, 5) is 0. The lowest BCUT2D eigenvalue weighted by Crippen LogP contribution is -2.11. The zero-order valence-corrected chi connectivity index (χ0v) is 8.36. The zero-order valence-electron chi connectivity index (χ0n) is 8.36. The van der Waals surface area contributed by atoms with Crippen molar-refractivity contribution in [3.63, 3.8) is 0 Å². The first-order valence-electron chi connectivity index (χ1n) is 4.13. The number of aromatic hydroxyl groups is 1. The largest absolute Gasteiger partial charge is 0.504 e. The predicted molar refractivity (Wildman–Crippen MR) is 48.5 cm³/mol. The molecule has 0 atom stereocenters. The van der Waals surface area contributed by atoms with Gasteiger partial charge in [0.05, 0.1) is 0 Å². The van der Waals surface area contributed by atoms with Gasteiger partial charge in [-0.05, 0) is 19.3 Å². The molecule has 0 bridgehead atoms.